The van der Waals surface area contributed by atoms with Crippen LogP contribution in [0, 0.1) is 11.3 Å². The van der Waals surface area contributed by atoms with Gasteiger partial charge in [0.05, 0.1) is 0 Å². The largest absolute Gasteiger partial charge is 0.324 e. The van der Waals surface area contributed by atoms with Gasteiger partial charge in [0.1, 0.15) is 11.6 Å². The van der Waals surface area contributed by atoms with Gasteiger partial charge in [-0.05, 0) is 42.9 Å². The molecule has 3 rings (SSSR count). The lowest BCUT2D eigenvalue weighted by Gasteiger charge is -2.17. The number of hydrogen-bond donors (Lipinski definition) is 1. The Balaban J connectivity index is 2.30. The van der Waals surface area contributed by atoms with E-state index >= 15 is 0 Å². The zero-order chi connectivity index (χ0) is 13.2. The summed E-state index contributed by atoms with van der Waals surface area (Å²) in [5.41, 5.74) is 4.31. The van der Waals surface area contributed by atoms with Crippen LogP contribution in [0.5, 0.6) is 0 Å². The molecule has 1 heterocycles. The summed E-state index contributed by atoms with van der Waals surface area (Å²) >= 11 is 0. The van der Waals surface area contributed by atoms with Gasteiger partial charge in [-0.15, -0.1) is 0 Å². The first-order valence-corrected chi connectivity index (χ1v) is 6.54. The first-order valence-electron chi connectivity index (χ1n) is 6.54. The number of nitriles is 1. The normalized spacial score (nSPS) is 13.6. The van der Waals surface area contributed by atoms with Gasteiger partial charge in [-0.25, -0.2) is 0 Å². The molecule has 19 heavy (non-hydrogen) atoms. The monoisotopic (exact) mass is 250 g/mol. The Morgan fingerprint density at radius 3 is 2.74 bits per heavy atom. The number of nitrogens with zero attached hydrogens (tertiary/aromatic N) is 1. The van der Waals surface area contributed by atoms with Crippen molar-refractivity contribution in [2.45, 2.75) is 25.7 Å². The smallest absolute Gasteiger partial charge is 0.266 e. The van der Waals surface area contributed by atoms with E-state index in [1.165, 1.54) is 5.56 Å². The van der Waals surface area contributed by atoms with Crippen LogP contribution in [-0.2, 0) is 12.8 Å². The average Bonchev–Trinajstić information content (AvgIpc) is 2.42. The van der Waals surface area contributed by atoms with Crippen molar-refractivity contribution in [2.24, 2.45) is 0 Å². The zero-order valence-electron chi connectivity index (χ0n) is 10.6. The van der Waals surface area contributed by atoms with Crippen molar-refractivity contribution in [3.63, 3.8) is 0 Å². The lowest BCUT2D eigenvalue weighted by Crippen LogP contribution is -2.15. The topological polar surface area (TPSA) is 56.6 Å². The SMILES string of the molecule is N#Cc1cc2c([nH]c1=O)CCCCc1ccccc1-2. The van der Waals surface area contributed by atoms with Crippen molar-refractivity contribution in [2.75, 3.05) is 0 Å². The number of aromatic amines is 1. The third-order valence-corrected chi connectivity index (χ3v) is 3.67. The summed E-state index contributed by atoms with van der Waals surface area (Å²) in [6.45, 7) is 0. The maximum atomic E-state index is 11.8. The average molecular weight is 250 g/mol. The lowest BCUT2D eigenvalue weighted by atomic mass is 9.90. The fraction of sp³-hybridized carbons (Fsp3) is 0.250. The summed E-state index contributed by atoms with van der Waals surface area (Å²) in [5, 5.41) is 9.02. The molecule has 0 fully saturated rings. The van der Waals surface area contributed by atoms with Crippen LogP contribution < -0.4 is 5.56 Å². The molecule has 1 aliphatic carbocycles. The highest BCUT2D eigenvalue weighted by atomic mass is 16.1. The first kappa shape index (κ1) is 11.7. The molecule has 0 bridgehead atoms. The number of benzene rings is 1. The summed E-state index contributed by atoms with van der Waals surface area (Å²) in [5.74, 6) is 0. The molecule has 3 heteroatoms. The van der Waals surface area contributed by atoms with Crippen LogP contribution >= 0.6 is 0 Å². The highest BCUT2D eigenvalue weighted by molar-refractivity contribution is 5.71. The number of nitrogens with one attached hydrogen (secondary N) is 1. The molecule has 0 radical (unpaired) electrons. The predicted molar refractivity (Wildman–Crippen MR) is 73.9 cm³/mol. The van der Waals surface area contributed by atoms with Gasteiger partial charge in [0.25, 0.3) is 5.56 Å². The molecule has 0 amide bonds. The van der Waals surface area contributed by atoms with Crippen LogP contribution in [0.15, 0.2) is 35.1 Å². The van der Waals surface area contributed by atoms with Gasteiger partial charge in [-0.3, -0.25) is 4.79 Å². The molecule has 3 nitrogen and oxygen atoms in total. The van der Waals surface area contributed by atoms with E-state index in [-0.39, 0.29) is 11.1 Å². The number of aryl methyl sites for hydroxylation is 2. The van der Waals surface area contributed by atoms with Crippen molar-refractivity contribution < 1.29 is 0 Å². The molecule has 1 aliphatic rings. The van der Waals surface area contributed by atoms with Crippen molar-refractivity contribution in [1.82, 2.24) is 4.98 Å². The van der Waals surface area contributed by atoms with Crippen molar-refractivity contribution in [3.8, 4) is 17.2 Å². The molecule has 0 spiro atoms. The van der Waals surface area contributed by atoms with Gasteiger partial charge in [-0.2, -0.15) is 5.26 Å². The second-order valence-electron chi connectivity index (χ2n) is 4.88. The highest BCUT2D eigenvalue weighted by Gasteiger charge is 2.15. The number of fused-ring (bicyclic) bond motifs is 3. The fourth-order valence-corrected chi connectivity index (χ4v) is 2.71. The van der Waals surface area contributed by atoms with Crippen LogP contribution in [0.4, 0.5) is 0 Å². The van der Waals surface area contributed by atoms with Gasteiger partial charge < -0.3 is 4.98 Å². The van der Waals surface area contributed by atoms with E-state index in [1.807, 2.05) is 18.2 Å². The van der Waals surface area contributed by atoms with E-state index in [0.717, 1.165) is 42.5 Å². The number of rotatable bonds is 0. The van der Waals surface area contributed by atoms with Gasteiger partial charge in [0.2, 0.25) is 0 Å². The molecule has 1 aromatic carbocycles. The summed E-state index contributed by atoms with van der Waals surface area (Å²) in [7, 11) is 0. The van der Waals surface area contributed by atoms with E-state index in [0.29, 0.717) is 0 Å². The standard InChI is InChI=1S/C16H14N2O/c17-10-12-9-14-13-7-3-1-5-11(13)6-2-4-8-15(14)18-16(12)19/h1,3,5,7,9H,2,4,6,8H2,(H,18,19). The zero-order valence-corrected chi connectivity index (χ0v) is 10.6. The highest BCUT2D eigenvalue weighted by Crippen LogP contribution is 2.30. The minimum Gasteiger partial charge on any atom is -0.324 e. The molecule has 2 aromatic rings. The molecule has 0 saturated carbocycles. The molecule has 94 valence electrons. The summed E-state index contributed by atoms with van der Waals surface area (Å²) < 4.78 is 0. The quantitative estimate of drug-likeness (QED) is 0.781. The molecule has 1 aromatic heterocycles. The van der Waals surface area contributed by atoms with Crippen LogP contribution in [0.2, 0.25) is 0 Å². The van der Waals surface area contributed by atoms with Gasteiger partial charge in [0, 0.05) is 11.3 Å². The van der Waals surface area contributed by atoms with Crippen LogP contribution in [0.25, 0.3) is 11.1 Å². The Hall–Kier alpha value is -2.34. The molecule has 0 atom stereocenters. The Kier molecular flexibility index (Phi) is 2.92. The minimum absolute atomic E-state index is 0.189. The molecule has 0 aliphatic heterocycles. The predicted octanol–water partition coefficient (Wildman–Crippen LogP) is 2.79. The van der Waals surface area contributed by atoms with E-state index < -0.39 is 0 Å². The molecule has 0 saturated heterocycles. The van der Waals surface area contributed by atoms with Gasteiger partial charge in [0.15, 0.2) is 0 Å². The number of H-pyrrole nitrogens is 1. The number of aromatic nitrogens is 1. The van der Waals surface area contributed by atoms with Crippen molar-refractivity contribution >= 4 is 0 Å². The van der Waals surface area contributed by atoms with E-state index in [1.54, 1.807) is 6.07 Å². The molecular weight excluding hydrogens is 236 g/mol. The second-order valence-corrected chi connectivity index (χ2v) is 4.88. The Bertz CT molecular complexity index is 722. The first-order chi connectivity index (χ1) is 9.29. The molecular formula is C16H14N2O. The number of pyridine rings is 1. The van der Waals surface area contributed by atoms with E-state index in [9.17, 15) is 4.79 Å². The Morgan fingerprint density at radius 1 is 1.11 bits per heavy atom. The summed E-state index contributed by atoms with van der Waals surface area (Å²) in [6.07, 6.45) is 4.10. The van der Waals surface area contributed by atoms with E-state index in [2.05, 4.69) is 17.1 Å². The third kappa shape index (κ3) is 2.06. The second kappa shape index (κ2) is 4.74. The third-order valence-electron chi connectivity index (χ3n) is 3.67. The fourth-order valence-electron chi connectivity index (χ4n) is 2.71. The van der Waals surface area contributed by atoms with Gasteiger partial charge in [-0.1, -0.05) is 24.3 Å². The minimum atomic E-state index is -0.278. The van der Waals surface area contributed by atoms with Gasteiger partial charge >= 0.3 is 0 Å². The Labute approximate surface area is 111 Å². The summed E-state index contributed by atoms with van der Waals surface area (Å²) in [4.78, 5) is 14.6. The molecule has 0 unspecified atom stereocenters. The van der Waals surface area contributed by atoms with Crippen molar-refractivity contribution in [1.29, 1.82) is 5.26 Å². The maximum Gasteiger partial charge on any atom is 0.266 e. The van der Waals surface area contributed by atoms with Crippen molar-refractivity contribution in [3.05, 3.63) is 57.5 Å². The van der Waals surface area contributed by atoms with Crippen LogP contribution in [0.1, 0.15) is 29.7 Å². The maximum absolute atomic E-state index is 11.8. The lowest BCUT2D eigenvalue weighted by molar-refractivity contribution is 0.715. The number of hydrogen-bond acceptors (Lipinski definition) is 2. The Morgan fingerprint density at radius 2 is 1.89 bits per heavy atom. The van der Waals surface area contributed by atoms with Crippen LogP contribution in [-0.4, -0.2) is 4.98 Å². The van der Waals surface area contributed by atoms with Crippen LogP contribution in [0.3, 0.4) is 0 Å². The molecule has 1 N–H and O–H groups in total. The summed E-state index contributed by atoms with van der Waals surface area (Å²) in [6, 6.07) is 11.9. The van der Waals surface area contributed by atoms with E-state index in [4.69, 9.17) is 5.26 Å².